The molecule has 0 aliphatic carbocycles. The van der Waals surface area contributed by atoms with Crippen LogP contribution >= 0.6 is 11.3 Å². The fourth-order valence-electron chi connectivity index (χ4n) is 2.25. The molecule has 0 saturated carbocycles. The van der Waals surface area contributed by atoms with Crippen LogP contribution in [0.15, 0.2) is 53.5 Å². The molecule has 2 heterocycles. The zero-order chi connectivity index (χ0) is 15.5. The molecule has 3 aromatic rings. The third-order valence-corrected chi connectivity index (χ3v) is 4.07. The minimum absolute atomic E-state index is 0.252. The van der Waals surface area contributed by atoms with Gasteiger partial charge < -0.3 is 9.88 Å². The minimum Gasteiger partial charge on any atom is -0.338 e. The molecule has 0 spiro atoms. The highest BCUT2D eigenvalue weighted by atomic mass is 32.1. The standard InChI is InChI=1S/C16H14FN3OS/c1-20-8-7-18-15(20)14(12-4-2-3-5-13(12)17)19-16(21)11-6-9-22-10-11/h2-10,14H,1H3,(H,19,21)/t14-/m0/s1. The maximum Gasteiger partial charge on any atom is 0.252 e. The van der Waals surface area contributed by atoms with E-state index in [2.05, 4.69) is 10.3 Å². The second-order valence-electron chi connectivity index (χ2n) is 4.84. The molecule has 1 atom stereocenters. The lowest BCUT2D eigenvalue weighted by Gasteiger charge is -2.19. The van der Waals surface area contributed by atoms with E-state index in [1.807, 2.05) is 12.4 Å². The minimum atomic E-state index is -0.645. The van der Waals surface area contributed by atoms with Crippen molar-refractivity contribution in [3.8, 4) is 0 Å². The largest absolute Gasteiger partial charge is 0.338 e. The average Bonchev–Trinajstić information content (AvgIpc) is 3.17. The van der Waals surface area contributed by atoms with E-state index in [0.29, 0.717) is 17.0 Å². The van der Waals surface area contributed by atoms with Crippen LogP contribution in [0.1, 0.15) is 27.8 Å². The number of imidazole rings is 1. The van der Waals surface area contributed by atoms with Gasteiger partial charge in [-0.1, -0.05) is 18.2 Å². The molecule has 6 heteroatoms. The Kier molecular flexibility index (Phi) is 4.02. The Bertz CT molecular complexity index is 782. The van der Waals surface area contributed by atoms with Gasteiger partial charge in [-0.05, 0) is 17.5 Å². The number of benzene rings is 1. The number of hydrogen-bond donors (Lipinski definition) is 1. The Morgan fingerprint density at radius 3 is 2.82 bits per heavy atom. The fourth-order valence-corrected chi connectivity index (χ4v) is 2.89. The smallest absolute Gasteiger partial charge is 0.252 e. The normalized spacial score (nSPS) is 12.1. The molecule has 0 bridgehead atoms. The van der Waals surface area contributed by atoms with Gasteiger partial charge in [0.15, 0.2) is 0 Å². The summed E-state index contributed by atoms with van der Waals surface area (Å²) < 4.78 is 15.9. The summed E-state index contributed by atoms with van der Waals surface area (Å²) in [6.45, 7) is 0. The van der Waals surface area contributed by atoms with E-state index < -0.39 is 6.04 Å². The van der Waals surface area contributed by atoms with E-state index >= 15 is 0 Å². The van der Waals surface area contributed by atoms with Gasteiger partial charge in [0.1, 0.15) is 17.7 Å². The molecule has 0 aliphatic rings. The fraction of sp³-hybridized carbons (Fsp3) is 0.125. The van der Waals surface area contributed by atoms with E-state index in [0.717, 1.165) is 0 Å². The molecule has 0 unspecified atom stereocenters. The van der Waals surface area contributed by atoms with Crippen LogP contribution in [0.4, 0.5) is 4.39 Å². The molecule has 3 rings (SSSR count). The summed E-state index contributed by atoms with van der Waals surface area (Å²) in [5, 5.41) is 6.45. The number of carbonyl (C=O) groups excluding carboxylic acids is 1. The van der Waals surface area contributed by atoms with Crippen molar-refractivity contribution in [1.29, 1.82) is 0 Å². The molecular weight excluding hydrogens is 301 g/mol. The van der Waals surface area contributed by atoms with Crippen molar-refractivity contribution in [1.82, 2.24) is 14.9 Å². The molecule has 0 radical (unpaired) electrons. The summed E-state index contributed by atoms with van der Waals surface area (Å²) in [7, 11) is 1.81. The third kappa shape index (κ3) is 2.78. The Morgan fingerprint density at radius 1 is 1.36 bits per heavy atom. The van der Waals surface area contributed by atoms with E-state index in [9.17, 15) is 9.18 Å². The molecule has 4 nitrogen and oxygen atoms in total. The number of aryl methyl sites for hydroxylation is 1. The van der Waals surface area contributed by atoms with Gasteiger partial charge in [0.2, 0.25) is 0 Å². The molecular formula is C16H14FN3OS. The first-order chi connectivity index (χ1) is 10.7. The third-order valence-electron chi connectivity index (χ3n) is 3.39. The predicted molar refractivity (Wildman–Crippen MR) is 83.2 cm³/mol. The van der Waals surface area contributed by atoms with Gasteiger partial charge in [-0.25, -0.2) is 9.37 Å². The lowest BCUT2D eigenvalue weighted by molar-refractivity contribution is 0.0941. The van der Waals surface area contributed by atoms with Crippen molar-refractivity contribution in [3.63, 3.8) is 0 Å². The van der Waals surface area contributed by atoms with Crippen LogP contribution in [-0.2, 0) is 7.05 Å². The first kappa shape index (κ1) is 14.5. The van der Waals surface area contributed by atoms with Gasteiger partial charge in [0.05, 0.1) is 5.56 Å². The van der Waals surface area contributed by atoms with Gasteiger partial charge in [-0.3, -0.25) is 4.79 Å². The quantitative estimate of drug-likeness (QED) is 0.804. The van der Waals surface area contributed by atoms with Crippen LogP contribution < -0.4 is 5.32 Å². The van der Waals surface area contributed by atoms with Gasteiger partial charge in [0, 0.05) is 30.4 Å². The number of nitrogens with zero attached hydrogens (tertiary/aromatic N) is 2. The van der Waals surface area contributed by atoms with Crippen LogP contribution in [0.2, 0.25) is 0 Å². The second-order valence-corrected chi connectivity index (χ2v) is 5.62. The monoisotopic (exact) mass is 315 g/mol. The number of rotatable bonds is 4. The second kappa shape index (κ2) is 6.11. The van der Waals surface area contributed by atoms with Crippen LogP contribution in [0.3, 0.4) is 0 Å². The summed E-state index contributed by atoms with van der Waals surface area (Å²) in [6.07, 6.45) is 3.39. The topological polar surface area (TPSA) is 46.9 Å². The number of hydrogen-bond acceptors (Lipinski definition) is 3. The Labute approximate surface area is 131 Å². The summed E-state index contributed by atoms with van der Waals surface area (Å²) >= 11 is 1.44. The van der Waals surface area contributed by atoms with E-state index in [4.69, 9.17) is 0 Å². The van der Waals surface area contributed by atoms with Crippen molar-refractivity contribution in [2.24, 2.45) is 7.05 Å². The van der Waals surface area contributed by atoms with Crippen molar-refractivity contribution in [2.45, 2.75) is 6.04 Å². The van der Waals surface area contributed by atoms with Gasteiger partial charge >= 0.3 is 0 Å². The van der Waals surface area contributed by atoms with E-state index in [-0.39, 0.29) is 11.7 Å². The molecule has 1 N–H and O–H groups in total. The number of carbonyl (C=O) groups is 1. The van der Waals surface area contributed by atoms with E-state index in [1.54, 1.807) is 46.6 Å². The van der Waals surface area contributed by atoms with Crippen LogP contribution in [-0.4, -0.2) is 15.5 Å². The lowest BCUT2D eigenvalue weighted by Crippen LogP contribution is -2.31. The Hall–Kier alpha value is -2.47. The van der Waals surface area contributed by atoms with Crippen molar-refractivity contribution in [3.05, 3.63) is 76.3 Å². The van der Waals surface area contributed by atoms with Crippen LogP contribution in [0.25, 0.3) is 0 Å². The van der Waals surface area contributed by atoms with Gasteiger partial charge in [-0.15, -0.1) is 0 Å². The molecule has 112 valence electrons. The number of thiophene rings is 1. The van der Waals surface area contributed by atoms with E-state index in [1.165, 1.54) is 17.4 Å². The summed E-state index contributed by atoms with van der Waals surface area (Å²) in [6, 6.07) is 7.48. The predicted octanol–water partition coefficient (Wildman–Crippen LogP) is 3.14. The number of nitrogens with one attached hydrogen (secondary N) is 1. The van der Waals surface area contributed by atoms with Crippen LogP contribution in [0.5, 0.6) is 0 Å². The molecule has 1 aromatic carbocycles. The maximum atomic E-state index is 14.2. The summed E-state index contributed by atoms with van der Waals surface area (Å²) in [5.41, 5.74) is 0.945. The van der Waals surface area contributed by atoms with Gasteiger partial charge in [0.25, 0.3) is 5.91 Å². The number of halogens is 1. The highest BCUT2D eigenvalue weighted by Crippen LogP contribution is 2.23. The van der Waals surface area contributed by atoms with Gasteiger partial charge in [-0.2, -0.15) is 11.3 Å². The highest BCUT2D eigenvalue weighted by Gasteiger charge is 2.24. The molecule has 1 amide bonds. The SMILES string of the molecule is Cn1ccnc1[C@@H](NC(=O)c1ccsc1)c1ccccc1F. The summed E-state index contributed by atoms with van der Waals surface area (Å²) in [5.74, 6) is -0.0488. The maximum absolute atomic E-state index is 14.2. The molecule has 0 fully saturated rings. The first-order valence-electron chi connectivity index (χ1n) is 6.71. The Balaban J connectivity index is 1.99. The summed E-state index contributed by atoms with van der Waals surface area (Å²) in [4.78, 5) is 16.6. The highest BCUT2D eigenvalue weighted by molar-refractivity contribution is 7.08. The molecule has 0 saturated heterocycles. The average molecular weight is 315 g/mol. The Morgan fingerprint density at radius 2 is 2.18 bits per heavy atom. The zero-order valence-electron chi connectivity index (χ0n) is 11.9. The number of aromatic nitrogens is 2. The first-order valence-corrected chi connectivity index (χ1v) is 7.66. The number of amides is 1. The molecule has 2 aromatic heterocycles. The molecule has 22 heavy (non-hydrogen) atoms. The van der Waals surface area contributed by atoms with Crippen LogP contribution in [0, 0.1) is 5.82 Å². The van der Waals surface area contributed by atoms with Crippen molar-refractivity contribution in [2.75, 3.05) is 0 Å². The van der Waals surface area contributed by atoms with Crippen molar-refractivity contribution < 1.29 is 9.18 Å². The zero-order valence-corrected chi connectivity index (χ0v) is 12.7. The van der Waals surface area contributed by atoms with Crippen molar-refractivity contribution >= 4 is 17.2 Å². The lowest BCUT2D eigenvalue weighted by atomic mass is 10.0. The molecule has 0 aliphatic heterocycles.